The van der Waals surface area contributed by atoms with Crippen molar-refractivity contribution in [2.24, 2.45) is 5.92 Å². The highest BCUT2D eigenvalue weighted by atomic mass is 79.9. The number of carbonyl (C=O) groups excluding carboxylic acids is 1. The van der Waals surface area contributed by atoms with Gasteiger partial charge in [-0.05, 0) is 69.5 Å². The summed E-state index contributed by atoms with van der Waals surface area (Å²) in [5.74, 6) is 1.20. The van der Waals surface area contributed by atoms with Crippen molar-refractivity contribution in [3.63, 3.8) is 0 Å². The van der Waals surface area contributed by atoms with Gasteiger partial charge in [-0.1, -0.05) is 6.92 Å². The van der Waals surface area contributed by atoms with Crippen LogP contribution in [-0.2, 0) is 0 Å². The van der Waals surface area contributed by atoms with Gasteiger partial charge in [-0.3, -0.25) is 4.79 Å². The predicted octanol–water partition coefficient (Wildman–Crippen LogP) is 5.19. The van der Waals surface area contributed by atoms with Crippen LogP contribution >= 0.6 is 54.8 Å². The number of rotatable bonds is 3. The Kier molecular flexibility index (Phi) is 5.37. The van der Waals surface area contributed by atoms with Gasteiger partial charge >= 0.3 is 0 Å². The molecule has 0 aliphatic heterocycles. The second kappa shape index (κ2) is 6.46. The number of thiophene rings is 1. The number of hydrogen-bond donors (Lipinski definition) is 1. The molecule has 0 unspecified atom stereocenters. The molecule has 1 amide bonds. The van der Waals surface area contributed by atoms with Gasteiger partial charge in [-0.15, -0.1) is 22.9 Å². The third-order valence-corrected chi connectivity index (χ3v) is 7.50. The summed E-state index contributed by atoms with van der Waals surface area (Å²) in [7, 11) is 0. The number of halogens is 3. The summed E-state index contributed by atoms with van der Waals surface area (Å²) in [6.45, 7) is 2.26. The fourth-order valence-corrected chi connectivity index (χ4v) is 4.63. The summed E-state index contributed by atoms with van der Waals surface area (Å²) in [5.41, 5.74) is -0.228. The highest BCUT2D eigenvalue weighted by Gasteiger charge is 2.35. The van der Waals surface area contributed by atoms with Crippen LogP contribution in [0.3, 0.4) is 0 Å². The molecule has 2 nitrogen and oxygen atoms in total. The molecule has 0 aromatic carbocycles. The molecule has 2 rings (SSSR count). The van der Waals surface area contributed by atoms with Crippen LogP contribution in [0.25, 0.3) is 0 Å². The van der Waals surface area contributed by atoms with Gasteiger partial charge in [-0.2, -0.15) is 0 Å². The zero-order chi connectivity index (χ0) is 14.0. The Balaban J connectivity index is 2.08. The first-order chi connectivity index (χ1) is 8.96. The lowest BCUT2D eigenvalue weighted by Gasteiger charge is -2.38. The van der Waals surface area contributed by atoms with Gasteiger partial charge in [-0.25, -0.2) is 0 Å². The van der Waals surface area contributed by atoms with Gasteiger partial charge in [0.15, 0.2) is 0 Å². The fourth-order valence-electron chi connectivity index (χ4n) is 2.37. The maximum Gasteiger partial charge on any atom is 0.261 e. The van der Waals surface area contributed by atoms with Crippen molar-refractivity contribution in [2.75, 3.05) is 5.88 Å². The first-order valence-electron chi connectivity index (χ1n) is 6.29. The van der Waals surface area contributed by atoms with E-state index in [4.69, 9.17) is 11.6 Å². The minimum atomic E-state index is -0.228. The van der Waals surface area contributed by atoms with Gasteiger partial charge in [0.1, 0.15) is 0 Å². The van der Waals surface area contributed by atoms with Crippen LogP contribution in [0.4, 0.5) is 0 Å². The maximum absolute atomic E-state index is 12.3. The molecule has 0 spiro atoms. The minimum Gasteiger partial charge on any atom is -0.345 e. The van der Waals surface area contributed by atoms with Crippen molar-refractivity contribution >= 4 is 60.7 Å². The van der Waals surface area contributed by atoms with E-state index in [1.54, 1.807) is 0 Å². The van der Waals surface area contributed by atoms with Crippen LogP contribution in [0.15, 0.2) is 14.3 Å². The van der Waals surface area contributed by atoms with Gasteiger partial charge in [0.25, 0.3) is 5.91 Å². The molecule has 6 heteroatoms. The van der Waals surface area contributed by atoms with Gasteiger partial charge in [0, 0.05) is 10.4 Å². The largest absolute Gasteiger partial charge is 0.345 e. The molecule has 0 saturated heterocycles. The first kappa shape index (κ1) is 15.8. The van der Waals surface area contributed by atoms with Crippen molar-refractivity contribution in [1.29, 1.82) is 0 Å². The fraction of sp³-hybridized carbons (Fsp3) is 0.615. The number of nitrogens with one attached hydrogen (secondary N) is 1. The van der Waals surface area contributed by atoms with Crippen LogP contribution in [0, 0.1) is 5.92 Å². The SMILES string of the molecule is CC1CCC(CCl)(NC(=O)c2cc(Br)c(Br)s2)CC1. The average Bonchev–Trinajstić information content (AvgIpc) is 2.73. The van der Waals surface area contributed by atoms with E-state index in [-0.39, 0.29) is 11.4 Å². The standard InChI is InChI=1S/C13H16Br2ClNOS/c1-8-2-4-13(7-16,5-3-8)17-12(18)10-6-9(14)11(15)19-10/h6,8H,2-5,7H2,1H3,(H,17,18). The van der Waals surface area contributed by atoms with Crippen molar-refractivity contribution in [1.82, 2.24) is 5.32 Å². The number of carbonyl (C=O) groups is 1. The lowest BCUT2D eigenvalue weighted by atomic mass is 9.78. The molecule has 0 bridgehead atoms. The second-order valence-corrected chi connectivity index (χ2v) is 8.77. The molecular formula is C13H16Br2ClNOS. The minimum absolute atomic E-state index is 0.0217. The van der Waals surface area contributed by atoms with Crippen molar-refractivity contribution < 1.29 is 4.79 Å². The first-order valence-corrected chi connectivity index (χ1v) is 9.23. The topological polar surface area (TPSA) is 29.1 Å². The Morgan fingerprint density at radius 2 is 2.16 bits per heavy atom. The number of hydrogen-bond acceptors (Lipinski definition) is 2. The van der Waals surface area contributed by atoms with Crippen LogP contribution < -0.4 is 5.32 Å². The molecule has 0 atom stereocenters. The van der Waals surface area contributed by atoms with Crippen LogP contribution in [0.2, 0.25) is 0 Å². The third-order valence-electron chi connectivity index (χ3n) is 3.73. The van der Waals surface area contributed by atoms with Crippen LogP contribution in [-0.4, -0.2) is 17.3 Å². The Morgan fingerprint density at radius 3 is 2.63 bits per heavy atom. The van der Waals surface area contributed by atoms with E-state index in [9.17, 15) is 4.79 Å². The van der Waals surface area contributed by atoms with E-state index in [2.05, 4.69) is 44.1 Å². The molecule has 1 saturated carbocycles. The summed E-state index contributed by atoms with van der Waals surface area (Å²) in [4.78, 5) is 13.0. The van der Waals surface area contributed by atoms with E-state index in [0.717, 1.165) is 39.9 Å². The molecule has 19 heavy (non-hydrogen) atoms. The molecule has 1 N–H and O–H groups in total. The monoisotopic (exact) mass is 427 g/mol. The predicted molar refractivity (Wildman–Crippen MR) is 88.3 cm³/mol. The third kappa shape index (κ3) is 3.74. The summed E-state index contributed by atoms with van der Waals surface area (Å²) in [6, 6.07) is 1.84. The molecular weight excluding hydrogens is 413 g/mol. The lowest BCUT2D eigenvalue weighted by molar-refractivity contribution is 0.0876. The normalized spacial score (nSPS) is 27.3. The lowest BCUT2D eigenvalue weighted by Crippen LogP contribution is -2.52. The summed E-state index contributed by atoms with van der Waals surface area (Å²) in [5, 5.41) is 3.16. The smallest absolute Gasteiger partial charge is 0.261 e. The van der Waals surface area contributed by atoms with Crippen molar-refractivity contribution in [2.45, 2.75) is 38.1 Å². The Bertz CT molecular complexity index is 450. The van der Waals surface area contributed by atoms with E-state index >= 15 is 0 Å². The highest BCUT2D eigenvalue weighted by molar-refractivity contribution is 9.13. The van der Waals surface area contributed by atoms with Gasteiger partial charge < -0.3 is 5.32 Å². The Hall–Kier alpha value is 0.420. The molecule has 0 radical (unpaired) electrons. The van der Waals surface area contributed by atoms with Crippen LogP contribution in [0.1, 0.15) is 42.3 Å². The second-order valence-electron chi connectivity index (χ2n) is 5.28. The number of alkyl halides is 1. The Labute approximate surface area is 139 Å². The molecule has 1 fully saturated rings. The zero-order valence-corrected chi connectivity index (χ0v) is 15.4. The van der Waals surface area contributed by atoms with E-state index in [1.807, 2.05) is 6.07 Å². The highest BCUT2D eigenvalue weighted by Crippen LogP contribution is 2.35. The molecule has 1 aliphatic rings. The molecule has 1 aliphatic carbocycles. The van der Waals surface area contributed by atoms with Gasteiger partial charge in [0.2, 0.25) is 0 Å². The molecule has 1 heterocycles. The van der Waals surface area contributed by atoms with E-state index in [0.29, 0.717) is 10.8 Å². The van der Waals surface area contributed by atoms with Crippen molar-refractivity contribution in [3.05, 3.63) is 19.2 Å². The van der Waals surface area contributed by atoms with E-state index < -0.39 is 0 Å². The zero-order valence-electron chi connectivity index (χ0n) is 10.6. The van der Waals surface area contributed by atoms with Crippen LogP contribution in [0.5, 0.6) is 0 Å². The number of amides is 1. The Morgan fingerprint density at radius 1 is 1.53 bits per heavy atom. The average molecular weight is 430 g/mol. The molecule has 1 aromatic heterocycles. The summed E-state index contributed by atoms with van der Waals surface area (Å²) < 4.78 is 1.86. The molecule has 1 aromatic rings. The maximum atomic E-state index is 12.3. The molecule has 106 valence electrons. The van der Waals surface area contributed by atoms with Crippen molar-refractivity contribution in [3.8, 4) is 0 Å². The summed E-state index contributed by atoms with van der Waals surface area (Å²) >= 11 is 14.4. The quantitative estimate of drug-likeness (QED) is 0.658. The van der Waals surface area contributed by atoms with Gasteiger partial charge in [0.05, 0.1) is 14.2 Å². The summed E-state index contributed by atoms with van der Waals surface area (Å²) in [6.07, 6.45) is 4.20. The van der Waals surface area contributed by atoms with E-state index in [1.165, 1.54) is 11.3 Å².